The Bertz CT molecular complexity index is 641. The van der Waals surface area contributed by atoms with Gasteiger partial charge in [0.25, 0.3) is 0 Å². The van der Waals surface area contributed by atoms with Crippen LogP contribution in [0.1, 0.15) is 27.1 Å². The molecule has 106 valence electrons. The highest BCUT2D eigenvalue weighted by Crippen LogP contribution is 2.43. The molecule has 0 aromatic heterocycles. The molecule has 1 unspecified atom stereocenters. The van der Waals surface area contributed by atoms with Crippen molar-refractivity contribution in [3.8, 4) is 5.75 Å². The van der Waals surface area contributed by atoms with Crippen LogP contribution >= 0.6 is 43.5 Å². The van der Waals surface area contributed by atoms with Crippen molar-refractivity contribution in [3.05, 3.63) is 62.1 Å². The molecule has 0 N–H and O–H groups in total. The quantitative estimate of drug-likeness (QED) is 0.538. The normalized spacial score (nSPS) is 12.3. The summed E-state index contributed by atoms with van der Waals surface area (Å²) in [4.78, 5) is 0.0352. The molecule has 0 saturated carbocycles. The number of benzene rings is 2. The van der Waals surface area contributed by atoms with Gasteiger partial charge in [-0.1, -0.05) is 51.3 Å². The number of ether oxygens (including phenoxy) is 1. The number of hydrogen-bond acceptors (Lipinski definition) is 1. The van der Waals surface area contributed by atoms with Crippen LogP contribution in [0.25, 0.3) is 0 Å². The zero-order valence-electron chi connectivity index (χ0n) is 11.5. The number of halogens is 3. The minimum absolute atomic E-state index is 0.0352. The van der Waals surface area contributed by atoms with Crippen LogP contribution in [0, 0.1) is 13.8 Å². The smallest absolute Gasteiger partial charge is 0.137 e. The van der Waals surface area contributed by atoms with E-state index in [2.05, 4.69) is 63.9 Å². The van der Waals surface area contributed by atoms with E-state index < -0.39 is 0 Å². The second kappa shape index (κ2) is 6.50. The number of aryl methyl sites for hydroxylation is 2. The summed E-state index contributed by atoms with van der Waals surface area (Å²) in [5.74, 6) is 0.802. The summed E-state index contributed by atoms with van der Waals surface area (Å²) in [6.45, 7) is 4.21. The number of rotatable bonds is 3. The van der Waals surface area contributed by atoms with Crippen molar-refractivity contribution in [1.29, 1.82) is 0 Å². The Balaban J connectivity index is 2.55. The van der Waals surface area contributed by atoms with Gasteiger partial charge in [-0.2, -0.15) is 0 Å². The van der Waals surface area contributed by atoms with Gasteiger partial charge in [-0.3, -0.25) is 0 Å². The largest absolute Gasteiger partial charge is 0.495 e. The molecule has 2 aromatic carbocycles. The highest BCUT2D eigenvalue weighted by molar-refractivity contribution is 9.10. The average molecular weight is 419 g/mol. The molecule has 2 rings (SSSR count). The van der Waals surface area contributed by atoms with Gasteiger partial charge in [-0.05, 0) is 53.0 Å². The van der Waals surface area contributed by atoms with Crippen LogP contribution in [-0.4, -0.2) is 7.11 Å². The molecule has 0 aliphatic rings. The van der Waals surface area contributed by atoms with E-state index in [9.17, 15) is 0 Å². The number of hydrogen-bond donors (Lipinski definition) is 0. The highest BCUT2D eigenvalue weighted by Gasteiger charge is 2.19. The predicted octanol–water partition coefficient (Wildman–Crippen LogP) is 6.21. The Hall–Kier alpha value is -0.510. The zero-order valence-corrected chi connectivity index (χ0v) is 15.4. The van der Waals surface area contributed by atoms with Crippen LogP contribution in [0.4, 0.5) is 0 Å². The maximum absolute atomic E-state index is 6.17. The van der Waals surface area contributed by atoms with Gasteiger partial charge in [0.1, 0.15) is 5.75 Å². The molecular weight excluding hydrogens is 403 g/mol. The molecule has 1 nitrogen and oxygen atoms in total. The third-order valence-corrected chi connectivity index (χ3v) is 5.01. The van der Waals surface area contributed by atoms with E-state index >= 15 is 0 Å². The maximum atomic E-state index is 6.17. The van der Waals surface area contributed by atoms with E-state index in [1.807, 2.05) is 12.1 Å². The minimum atomic E-state index is 0.0352. The molecule has 0 bridgehead atoms. The van der Waals surface area contributed by atoms with Crippen LogP contribution in [0.5, 0.6) is 5.75 Å². The van der Waals surface area contributed by atoms with Gasteiger partial charge in [0.2, 0.25) is 0 Å². The molecule has 0 radical (unpaired) electrons. The van der Waals surface area contributed by atoms with E-state index in [1.165, 1.54) is 16.7 Å². The van der Waals surface area contributed by atoms with Crippen molar-refractivity contribution < 1.29 is 4.74 Å². The van der Waals surface area contributed by atoms with E-state index in [0.717, 1.165) is 15.8 Å². The van der Waals surface area contributed by atoms with E-state index in [0.29, 0.717) is 5.02 Å². The zero-order chi connectivity index (χ0) is 14.9. The topological polar surface area (TPSA) is 9.23 Å². The van der Waals surface area contributed by atoms with Crippen molar-refractivity contribution in [1.82, 2.24) is 0 Å². The Labute approximate surface area is 141 Å². The molecule has 4 heteroatoms. The van der Waals surface area contributed by atoms with E-state index in [-0.39, 0.29) is 4.83 Å². The lowest BCUT2D eigenvalue weighted by Gasteiger charge is -2.18. The highest BCUT2D eigenvalue weighted by atomic mass is 79.9. The summed E-state index contributed by atoms with van der Waals surface area (Å²) < 4.78 is 6.36. The van der Waals surface area contributed by atoms with Gasteiger partial charge in [0, 0.05) is 10.6 Å². The predicted molar refractivity (Wildman–Crippen MR) is 92.4 cm³/mol. The van der Waals surface area contributed by atoms with Crippen molar-refractivity contribution in [2.45, 2.75) is 18.7 Å². The van der Waals surface area contributed by atoms with Gasteiger partial charge >= 0.3 is 0 Å². The molecule has 0 spiro atoms. The van der Waals surface area contributed by atoms with Gasteiger partial charge in [-0.25, -0.2) is 0 Å². The van der Waals surface area contributed by atoms with Crippen LogP contribution < -0.4 is 4.74 Å². The summed E-state index contributed by atoms with van der Waals surface area (Å²) in [7, 11) is 1.67. The molecule has 20 heavy (non-hydrogen) atoms. The first-order chi connectivity index (χ1) is 9.43. The summed E-state index contributed by atoms with van der Waals surface area (Å²) in [5, 5.41) is 0.682. The lowest BCUT2D eigenvalue weighted by Crippen LogP contribution is -2.00. The SMILES string of the molecule is COc1c(Br)cc(Cl)cc1C(Br)c1ccc(C)cc1C. The summed E-state index contributed by atoms with van der Waals surface area (Å²) >= 11 is 13.4. The fourth-order valence-corrected chi connectivity index (χ4v) is 4.11. The average Bonchev–Trinajstić information content (AvgIpc) is 2.37. The minimum Gasteiger partial charge on any atom is -0.495 e. The second-order valence-electron chi connectivity index (χ2n) is 4.73. The first-order valence-electron chi connectivity index (χ1n) is 6.18. The first-order valence-corrected chi connectivity index (χ1v) is 8.27. The van der Waals surface area contributed by atoms with Crippen molar-refractivity contribution in [3.63, 3.8) is 0 Å². The van der Waals surface area contributed by atoms with Crippen molar-refractivity contribution in [2.75, 3.05) is 7.11 Å². The number of alkyl halides is 1. The Morgan fingerprint density at radius 3 is 2.40 bits per heavy atom. The molecule has 1 atom stereocenters. The summed E-state index contributed by atoms with van der Waals surface area (Å²) in [6.07, 6.45) is 0. The second-order valence-corrected chi connectivity index (χ2v) is 6.94. The fourth-order valence-electron chi connectivity index (χ4n) is 2.26. The van der Waals surface area contributed by atoms with Crippen LogP contribution in [0.2, 0.25) is 5.02 Å². The molecule has 0 heterocycles. The Morgan fingerprint density at radius 1 is 1.10 bits per heavy atom. The fraction of sp³-hybridized carbons (Fsp3) is 0.250. The lowest BCUT2D eigenvalue weighted by atomic mass is 9.98. The first kappa shape index (κ1) is 15.9. The third kappa shape index (κ3) is 3.21. The van der Waals surface area contributed by atoms with Gasteiger partial charge in [-0.15, -0.1) is 0 Å². The van der Waals surface area contributed by atoms with Gasteiger partial charge < -0.3 is 4.74 Å². The Kier molecular flexibility index (Phi) is 5.16. The maximum Gasteiger partial charge on any atom is 0.137 e. The van der Waals surface area contributed by atoms with Crippen LogP contribution in [0.15, 0.2) is 34.8 Å². The summed E-state index contributed by atoms with van der Waals surface area (Å²) in [6, 6.07) is 10.2. The Morgan fingerprint density at radius 2 is 1.80 bits per heavy atom. The monoisotopic (exact) mass is 416 g/mol. The van der Waals surface area contributed by atoms with E-state index in [4.69, 9.17) is 16.3 Å². The lowest BCUT2D eigenvalue weighted by molar-refractivity contribution is 0.408. The molecule has 0 aliphatic heterocycles. The molecule has 0 amide bonds. The molecular formula is C16H15Br2ClO. The van der Waals surface area contributed by atoms with Gasteiger partial charge in [0.05, 0.1) is 16.4 Å². The van der Waals surface area contributed by atoms with Gasteiger partial charge in [0.15, 0.2) is 0 Å². The molecule has 0 fully saturated rings. The molecule has 0 saturated heterocycles. The molecule has 2 aromatic rings. The van der Waals surface area contributed by atoms with E-state index in [1.54, 1.807) is 7.11 Å². The van der Waals surface area contributed by atoms with Crippen LogP contribution in [0.3, 0.4) is 0 Å². The summed E-state index contributed by atoms with van der Waals surface area (Å²) in [5.41, 5.74) is 4.72. The standard InChI is InChI=1S/C16H15Br2ClO/c1-9-4-5-12(10(2)6-9)15(18)13-7-11(19)8-14(17)16(13)20-3/h4-8,15H,1-3H3. The number of methoxy groups -OCH3 is 1. The third-order valence-electron chi connectivity index (χ3n) is 3.21. The van der Waals surface area contributed by atoms with Crippen molar-refractivity contribution in [2.24, 2.45) is 0 Å². The van der Waals surface area contributed by atoms with Crippen molar-refractivity contribution >= 4 is 43.5 Å². The molecule has 0 aliphatic carbocycles. The van der Waals surface area contributed by atoms with Crippen LogP contribution in [-0.2, 0) is 0 Å².